The summed E-state index contributed by atoms with van der Waals surface area (Å²) in [6.07, 6.45) is 0. The maximum absolute atomic E-state index is 9.75. The second-order valence-electron chi connectivity index (χ2n) is 7.28. The first-order valence-corrected chi connectivity index (χ1v) is 10.8. The number of nitrogens with two attached hydrogens (primary N) is 1. The number of ether oxygens (including phenoxy) is 4. The van der Waals surface area contributed by atoms with E-state index in [0.717, 1.165) is 16.8 Å². The van der Waals surface area contributed by atoms with Crippen LogP contribution in [0.2, 0.25) is 5.02 Å². The van der Waals surface area contributed by atoms with Crippen LogP contribution in [-0.2, 0) is 0 Å². The first kappa shape index (κ1) is 22.4. The van der Waals surface area contributed by atoms with Crippen LogP contribution in [0.5, 0.6) is 23.1 Å². The number of nitrogens with zero attached hydrogens (tertiary/aromatic N) is 2. The smallest absolute Gasteiger partial charge is 0.244 e. The van der Waals surface area contributed by atoms with E-state index in [-0.39, 0.29) is 5.88 Å². The van der Waals surface area contributed by atoms with Crippen LogP contribution in [0.1, 0.15) is 29.7 Å². The van der Waals surface area contributed by atoms with Gasteiger partial charge in [-0.25, -0.2) is 0 Å². The molecule has 0 bridgehead atoms. The maximum Gasteiger partial charge on any atom is 0.244 e. The van der Waals surface area contributed by atoms with Crippen molar-refractivity contribution in [2.75, 3.05) is 19.8 Å². The third kappa shape index (κ3) is 4.69. The van der Waals surface area contributed by atoms with Gasteiger partial charge < -0.3 is 24.7 Å². The number of H-pyrrole nitrogens is 1. The number of aryl methyl sites for hydroxylation is 1. The van der Waals surface area contributed by atoms with E-state index < -0.39 is 5.92 Å². The highest BCUT2D eigenvalue weighted by Crippen LogP contribution is 2.44. The second kappa shape index (κ2) is 9.76. The predicted molar refractivity (Wildman–Crippen MR) is 123 cm³/mol. The predicted octanol–water partition coefficient (Wildman–Crippen LogP) is 4.45. The van der Waals surface area contributed by atoms with E-state index in [1.165, 1.54) is 0 Å². The molecule has 0 saturated heterocycles. The molecule has 8 nitrogen and oxygen atoms in total. The van der Waals surface area contributed by atoms with E-state index >= 15 is 0 Å². The molecule has 4 rings (SSSR count). The number of aromatic nitrogens is 2. The molecule has 0 aliphatic carbocycles. The number of aromatic amines is 1. The number of rotatable bonds is 8. The van der Waals surface area contributed by atoms with Gasteiger partial charge in [0.25, 0.3) is 0 Å². The van der Waals surface area contributed by atoms with Crippen molar-refractivity contribution in [3.05, 3.63) is 75.8 Å². The Hall–Kier alpha value is -3.83. The lowest BCUT2D eigenvalue weighted by Crippen LogP contribution is -2.21. The first-order valence-electron chi connectivity index (χ1n) is 10.4. The van der Waals surface area contributed by atoms with Gasteiger partial charge in [-0.1, -0.05) is 17.7 Å². The molecule has 0 amide bonds. The molecule has 1 unspecified atom stereocenters. The lowest BCUT2D eigenvalue weighted by molar-refractivity contribution is 0.208. The fourth-order valence-corrected chi connectivity index (χ4v) is 3.79. The van der Waals surface area contributed by atoms with Gasteiger partial charge in [0, 0.05) is 16.3 Å². The van der Waals surface area contributed by atoms with Gasteiger partial charge in [0.1, 0.15) is 30.6 Å². The molecule has 2 aromatic carbocycles. The van der Waals surface area contributed by atoms with Crippen molar-refractivity contribution >= 4 is 11.6 Å². The topological polar surface area (TPSA) is 115 Å². The Labute approximate surface area is 196 Å². The molecule has 1 aromatic heterocycles. The van der Waals surface area contributed by atoms with Crippen LogP contribution in [-0.4, -0.2) is 30.0 Å². The van der Waals surface area contributed by atoms with E-state index in [4.69, 9.17) is 36.3 Å². The molecule has 33 heavy (non-hydrogen) atoms. The van der Waals surface area contributed by atoms with E-state index in [9.17, 15) is 5.26 Å². The van der Waals surface area contributed by atoms with Crippen LogP contribution in [0.25, 0.3) is 0 Å². The molecule has 0 radical (unpaired) electrons. The molecular formula is C24H23ClN4O4. The molecule has 9 heteroatoms. The van der Waals surface area contributed by atoms with Crippen molar-refractivity contribution in [2.45, 2.75) is 19.8 Å². The van der Waals surface area contributed by atoms with Crippen molar-refractivity contribution in [1.82, 2.24) is 10.2 Å². The quantitative estimate of drug-likeness (QED) is 0.471. The highest BCUT2D eigenvalue weighted by molar-refractivity contribution is 6.30. The van der Waals surface area contributed by atoms with Gasteiger partial charge >= 0.3 is 0 Å². The minimum atomic E-state index is -0.431. The van der Waals surface area contributed by atoms with E-state index in [0.29, 0.717) is 53.5 Å². The second-order valence-corrected chi connectivity index (χ2v) is 7.72. The summed E-state index contributed by atoms with van der Waals surface area (Å²) in [7, 11) is 0. The molecule has 0 fully saturated rings. The van der Waals surface area contributed by atoms with Crippen molar-refractivity contribution in [3.8, 4) is 29.2 Å². The number of halogens is 1. The number of hydrogen-bond acceptors (Lipinski definition) is 7. The maximum atomic E-state index is 9.75. The van der Waals surface area contributed by atoms with E-state index in [1.807, 2.05) is 32.0 Å². The average molecular weight is 467 g/mol. The number of fused-ring (bicyclic) bond motifs is 1. The van der Waals surface area contributed by atoms with Gasteiger partial charge in [-0.2, -0.15) is 5.26 Å². The molecule has 2 heterocycles. The standard InChI is InChI=1S/C24H23ClN4O4/c1-3-30-20-12-15(22-18(13-26)23(27)33-24-21(22)14(2)28-29-24)4-9-19(20)32-11-10-31-17-7-5-16(25)6-8-17/h4-9,12,22H,3,10-11,27H2,1-2H3,(H,28,29). The van der Waals surface area contributed by atoms with Gasteiger partial charge in [-0.15, -0.1) is 5.10 Å². The molecule has 3 aromatic rings. The van der Waals surface area contributed by atoms with Crippen LogP contribution in [0.4, 0.5) is 0 Å². The van der Waals surface area contributed by atoms with Crippen LogP contribution in [0.15, 0.2) is 53.9 Å². The van der Waals surface area contributed by atoms with Gasteiger partial charge in [0.05, 0.1) is 12.5 Å². The molecule has 1 aliphatic rings. The zero-order valence-corrected chi connectivity index (χ0v) is 19.0. The highest BCUT2D eigenvalue weighted by Gasteiger charge is 2.34. The minimum Gasteiger partial charge on any atom is -0.490 e. The van der Waals surface area contributed by atoms with E-state index in [1.54, 1.807) is 24.3 Å². The van der Waals surface area contributed by atoms with Gasteiger partial charge in [-0.05, 0) is 55.8 Å². The van der Waals surface area contributed by atoms with Crippen molar-refractivity contribution in [3.63, 3.8) is 0 Å². The molecule has 1 atom stereocenters. The Balaban J connectivity index is 1.55. The fraction of sp³-hybridized carbons (Fsp3) is 0.250. The van der Waals surface area contributed by atoms with Crippen LogP contribution < -0.4 is 24.7 Å². The lowest BCUT2D eigenvalue weighted by Gasteiger charge is -2.24. The van der Waals surface area contributed by atoms with Gasteiger partial charge in [0.2, 0.25) is 11.8 Å². The Morgan fingerprint density at radius 3 is 2.61 bits per heavy atom. The monoisotopic (exact) mass is 466 g/mol. The molecular weight excluding hydrogens is 444 g/mol. The molecule has 0 saturated carbocycles. The summed E-state index contributed by atoms with van der Waals surface area (Å²) in [5.41, 5.74) is 8.71. The summed E-state index contributed by atoms with van der Waals surface area (Å²) >= 11 is 5.89. The summed E-state index contributed by atoms with van der Waals surface area (Å²) in [6, 6.07) is 14.9. The van der Waals surface area contributed by atoms with Crippen molar-refractivity contribution in [1.29, 1.82) is 5.26 Å². The zero-order valence-electron chi connectivity index (χ0n) is 18.2. The number of hydrogen-bond donors (Lipinski definition) is 2. The van der Waals surface area contributed by atoms with E-state index in [2.05, 4.69) is 16.3 Å². The number of benzene rings is 2. The highest BCUT2D eigenvalue weighted by atomic mass is 35.5. The summed E-state index contributed by atoms with van der Waals surface area (Å²) in [5.74, 6) is 1.82. The Bertz CT molecular complexity index is 1210. The van der Waals surface area contributed by atoms with Crippen LogP contribution in [0, 0.1) is 18.3 Å². The third-order valence-corrected chi connectivity index (χ3v) is 5.41. The van der Waals surface area contributed by atoms with Crippen molar-refractivity contribution < 1.29 is 18.9 Å². The molecule has 0 spiro atoms. The molecule has 3 N–H and O–H groups in total. The normalized spacial score (nSPS) is 14.8. The fourth-order valence-electron chi connectivity index (χ4n) is 3.67. The first-order chi connectivity index (χ1) is 16.0. The Kier molecular flexibility index (Phi) is 6.61. The number of nitrogens with one attached hydrogen (secondary N) is 1. The largest absolute Gasteiger partial charge is 0.490 e. The van der Waals surface area contributed by atoms with Gasteiger partial charge in [-0.3, -0.25) is 5.10 Å². The minimum absolute atomic E-state index is 0.0409. The summed E-state index contributed by atoms with van der Waals surface area (Å²) in [5, 5.41) is 17.5. The van der Waals surface area contributed by atoms with Crippen molar-refractivity contribution in [2.24, 2.45) is 5.73 Å². The number of allylic oxidation sites excluding steroid dienone is 1. The van der Waals surface area contributed by atoms with Gasteiger partial charge in [0.15, 0.2) is 11.5 Å². The SMILES string of the molecule is CCOc1cc(C2C(C#N)=C(N)Oc3n[nH]c(C)c32)ccc1OCCOc1ccc(Cl)cc1. The summed E-state index contributed by atoms with van der Waals surface area (Å²) < 4.78 is 22.9. The zero-order chi connectivity index (χ0) is 23.4. The molecule has 170 valence electrons. The molecule has 1 aliphatic heterocycles. The Morgan fingerprint density at radius 1 is 1.12 bits per heavy atom. The Morgan fingerprint density at radius 2 is 1.88 bits per heavy atom. The third-order valence-electron chi connectivity index (χ3n) is 5.15. The number of nitriles is 1. The van der Waals surface area contributed by atoms with Crippen LogP contribution >= 0.6 is 11.6 Å². The summed E-state index contributed by atoms with van der Waals surface area (Å²) in [4.78, 5) is 0. The lowest BCUT2D eigenvalue weighted by atomic mass is 9.84. The average Bonchev–Trinajstić information content (AvgIpc) is 3.17. The van der Waals surface area contributed by atoms with Crippen LogP contribution in [0.3, 0.4) is 0 Å². The summed E-state index contributed by atoms with van der Waals surface area (Å²) in [6.45, 7) is 4.89.